The molecule has 3 heterocycles. The number of ether oxygens (including phenoxy) is 2. The lowest BCUT2D eigenvalue weighted by Gasteiger charge is -2.37. The van der Waals surface area contributed by atoms with Gasteiger partial charge in [-0.1, -0.05) is 12.1 Å². The van der Waals surface area contributed by atoms with E-state index in [1.807, 2.05) is 11.8 Å². The zero-order valence-electron chi connectivity index (χ0n) is 18.2. The van der Waals surface area contributed by atoms with E-state index in [-0.39, 0.29) is 16.8 Å². The van der Waals surface area contributed by atoms with E-state index < -0.39 is 10.0 Å². The Morgan fingerprint density at radius 2 is 1.84 bits per heavy atom. The van der Waals surface area contributed by atoms with Crippen LogP contribution in [0.15, 0.2) is 33.7 Å². The average molecular weight is 465 g/mol. The van der Waals surface area contributed by atoms with Crippen LogP contribution >= 0.6 is 0 Å². The van der Waals surface area contributed by atoms with Gasteiger partial charge in [0.2, 0.25) is 15.9 Å². The number of aromatic nitrogens is 1. The molecule has 10 nitrogen and oxygen atoms in total. The molecule has 11 heteroatoms. The first-order valence-electron chi connectivity index (χ1n) is 10.8. The Labute approximate surface area is 187 Å². The molecule has 0 saturated carbocycles. The largest absolute Gasteiger partial charge is 0.490 e. The van der Waals surface area contributed by atoms with Gasteiger partial charge in [0.25, 0.3) is 0 Å². The summed E-state index contributed by atoms with van der Waals surface area (Å²) in [6, 6.07) is 6.01. The Kier molecular flexibility index (Phi) is 6.68. The summed E-state index contributed by atoms with van der Waals surface area (Å²) < 4.78 is 44.1. The van der Waals surface area contributed by atoms with Gasteiger partial charge in [0.05, 0.1) is 24.2 Å². The lowest BCUT2D eigenvalue weighted by atomic mass is 10.1. The maximum absolute atomic E-state index is 13.2. The third kappa shape index (κ3) is 4.74. The Morgan fingerprint density at radius 1 is 1.12 bits per heavy atom. The molecule has 2 aromatic rings. The fourth-order valence-electron chi connectivity index (χ4n) is 3.95. The molecule has 0 unspecified atom stereocenters. The minimum atomic E-state index is -3.68. The minimum Gasteiger partial charge on any atom is -0.490 e. The van der Waals surface area contributed by atoms with Crippen molar-refractivity contribution in [1.82, 2.24) is 14.4 Å². The summed E-state index contributed by atoms with van der Waals surface area (Å²) in [6.45, 7) is 6.21. The number of rotatable bonds is 6. The van der Waals surface area contributed by atoms with Crippen LogP contribution in [0, 0.1) is 6.92 Å². The van der Waals surface area contributed by atoms with Crippen LogP contribution < -0.4 is 14.8 Å². The number of piperazine rings is 1. The standard InChI is InChI=1S/C21H28N4O6S/c1-3-17(21(26)22-20-13-15(2)31-23-20)24-7-9-25(10-8-24)32(27,28)16-5-6-18-19(14-16)30-12-4-11-29-18/h5-6,13-14,17H,3-4,7-12H2,1-2H3,(H,22,23,26)/t17-/m0/s1. The fraction of sp³-hybridized carbons (Fsp3) is 0.524. The number of hydrogen-bond donors (Lipinski definition) is 1. The molecule has 1 fully saturated rings. The third-order valence-corrected chi connectivity index (χ3v) is 7.53. The third-order valence-electron chi connectivity index (χ3n) is 5.64. The SMILES string of the molecule is CC[C@@H](C(=O)Nc1cc(C)on1)N1CCN(S(=O)(=O)c2ccc3c(c2)OCCCO3)CC1. The van der Waals surface area contributed by atoms with Crippen LogP contribution in [0.25, 0.3) is 0 Å². The molecule has 1 amide bonds. The highest BCUT2D eigenvalue weighted by atomic mass is 32.2. The summed E-state index contributed by atoms with van der Waals surface area (Å²) >= 11 is 0. The number of benzene rings is 1. The van der Waals surface area contributed by atoms with E-state index >= 15 is 0 Å². The summed E-state index contributed by atoms with van der Waals surface area (Å²) in [5.74, 6) is 1.82. The van der Waals surface area contributed by atoms with Gasteiger partial charge in [-0.2, -0.15) is 4.31 Å². The smallest absolute Gasteiger partial charge is 0.243 e. The molecule has 2 aliphatic rings. The topological polar surface area (TPSA) is 114 Å². The second-order valence-electron chi connectivity index (χ2n) is 7.84. The number of carbonyl (C=O) groups excluding carboxylic acids is 1. The summed E-state index contributed by atoms with van der Waals surface area (Å²) in [6.07, 6.45) is 1.35. The number of amides is 1. The molecule has 1 saturated heterocycles. The number of aryl methyl sites for hydroxylation is 1. The molecular weight excluding hydrogens is 436 g/mol. The van der Waals surface area contributed by atoms with Gasteiger partial charge in [0.15, 0.2) is 17.3 Å². The van der Waals surface area contributed by atoms with E-state index in [2.05, 4.69) is 10.5 Å². The van der Waals surface area contributed by atoms with Crippen LogP contribution in [0.2, 0.25) is 0 Å². The van der Waals surface area contributed by atoms with Gasteiger partial charge in [0, 0.05) is 44.7 Å². The van der Waals surface area contributed by atoms with E-state index in [1.54, 1.807) is 25.1 Å². The Morgan fingerprint density at radius 3 is 2.50 bits per heavy atom. The van der Waals surface area contributed by atoms with E-state index in [1.165, 1.54) is 10.4 Å². The van der Waals surface area contributed by atoms with Crippen molar-refractivity contribution in [3.05, 3.63) is 30.0 Å². The van der Waals surface area contributed by atoms with E-state index in [0.717, 1.165) is 6.42 Å². The van der Waals surface area contributed by atoms with Crippen molar-refractivity contribution in [2.75, 3.05) is 44.7 Å². The molecule has 32 heavy (non-hydrogen) atoms. The van der Waals surface area contributed by atoms with Crippen LogP contribution in [0.5, 0.6) is 11.5 Å². The van der Waals surface area contributed by atoms with Crippen LogP contribution in [-0.4, -0.2) is 74.1 Å². The van der Waals surface area contributed by atoms with E-state index in [4.69, 9.17) is 14.0 Å². The van der Waals surface area contributed by atoms with Crippen molar-refractivity contribution in [3.8, 4) is 11.5 Å². The zero-order chi connectivity index (χ0) is 22.7. The van der Waals surface area contributed by atoms with Gasteiger partial charge < -0.3 is 19.3 Å². The number of carbonyl (C=O) groups is 1. The molecular formula is C21H28N4O6S. The van der Waals surface area contributed by atoms with Crippen LogP contribution in [0.3, 0.4) is 0 Å². The highest BCUT2D eigenvalue weighted by molar-refractivity contribution is 7.89. The fourth-order valence-corrected chi connectivity index (χ4v) is 5.39. The molecule has 174 valence electrons. The Balaban J connectivity index is 1.41. The molecule has 0 radical (unpaired) electrons. The van der Waals surface area contributed by atoms with Gasteiger partial charge in [-0.25, -0.2) is 8.42 Å². The highest BCUT2D eigenvalue weighted by Crippen LogP contribution is 2.33. The second-order valence-corrected chi connectivity index (χ2v) is 9.77. The normalized spacial score (nSPS) is 18.7. The van der Waals surface area contributed by atoms with Gasteiger partial charge in [-0.15, -0.1) is 0 Å². The van der Waals surface area contributed by atoms with E-state index in [9.17, 15) is 13.2 Å². The molecule has 4 rings (SSSR count). The monoisotopic (exact) mass is 464 g/mol. The molecule has 1 aromatic carbocycles. The summed E-state index contributed by atoms with van der Waals surface area (Å²) in [4.78, 5) is 14.9. The van der Waals surface area contributed by atoms with Crippen LogP contribution in [-0.2, 0) is 14.8 Å². The number of anilines is 1. The highest BCUT2D eigenvalue weighted by Gasteiger charge is 2.33. The summed E-state index contributed by atoms with van der Waals surface area (Å²) in [5.41, 5.74) is 0. The first-order chi connectivity index (χ1) is 15.4. The van der Waals surface area contributed by atoms with Crippen molar-refractivity contribution in [1.29, 1.82) is 0 Å². The van der Waals surface area contributed by atoms with Gasteiger partial charge in [-0.3, -0.25) is 9.69 Å². The number of fused-ring (bicyclic) bond motifs is 1. The lowest BCUT2D eigenvalue weighted by molar-refractivity contribution is -0.121. The molecule has 0 spiro atoms. The predicted molar refractivity (Wildman–Crippen MR) is 116 cm³/mol. The maximum Gasteiger partial charge on any atom is 0.243 e. The summed E-state index contributed by atoms with van der Waals surface area (Å²) in [7, 11) is -3.68. The first-order valence-corrected chi connectivity index (χ1v) is 12.2. The quantitative estimate of drug-likeness (QED) is 0.689. The molecule has 1 aromatic heterocycles. The van der Waals surface area contributed by atoms with Crippen LogP contribution in [0.4, 0.5) is 5.82 Å². The predicted octanol–water partition coefficient (Wildman–Crippen LogP) is 1.87. The van der Waals surface area contributed by atoms with Crippen molar-refractivity contribution < 1.29 is 27.2 Å². The number of sulfonamides is 1. The minimum absolute atomic E-state index is 0.181. The van der Waals surface area contributed by atoms with Crippen molar-refractivity contribution >= 4 is 21.7 Å². The van der Waals surface area contributed by atoms with Gasteiger partial charge in [-0.05, 0) is 25.5 Å². The van der Waals surface area contributed by atoms with Crippen molar-refractivity contribution in [3.63, 3.8) is 0 Å². The van der Waals surface area contributed by atoms with Gasteiger partial charge in [0.1, 0.15) is 5.76 Å². The van der Waals surface area contributed by atoms with Crippen LogP contribution in [0.1, 0.15) is 25.5 Å². The Bertz CT molecular complexity index is 1060. The Hall–Kier alpha value is -2.63. The summed E-state index contributed by atoms with van der Waals surface area (Å²) in [5, 5.41) is 6.57. The maximum atomic E-state index is 13.2. The number of hydrogen-bond acceptors (Lipinski definition) is 8. The number of nitrogens with one attached hydrogen (secondary N) is 1. The molecule has 1 atom stereocenters. The van der Waals surface area contributed by atoms with Crippen molar-refractivity contribution in [2.24, 2.45) is 0 Å². The van der Waals surface area contributed by atoms with Crippen molar-refractivity contribution in [2.45, 2.75) is 37.6 Å². The lowest BCUT2D eigenvalue weighted by Crippen LogP contribution is -2.54. The molecule has 0 aliphatic carbocycles. The average Bonchev–Trinajstić information content (AvgIpc) is 3.05. The van der Waals surface area contributed by atoms with E-state index in [0.29, 0.717) is 68.9 Å². The second kappa shape index (κ2) is 9.47. The van der Waals surface area contributed by atoms with Gasteiger partial charge >= 0.3 is 0 Å². The molecule has 0 bridgehead atoms. The number of nitrogens with zero attached hydrogens (tertiary/aromatic N) is 3. The zero-order valence-corrected chi connectivity index (χ0v) is 19.1. The molecule has 2 aliphatic heterocycles. The molecule has 1 N–H and O–H groups in total. The first kappa shape index (κ1) is 22.6.